The number of rotatable bonds is 8. The molecule has 0 aliphatic carbocycles. The Hall–Kier alpha value is -4.42. The lowest BCUT2D eigenvalue weighted by molar-refractivity contribution is -0.122. The van der Waals surface area contributed by atoms with Crippen molar-refractivity contribution < 1.29 is 9.59 Å². The first-order valence-electron chi connectivity index (χ1n) is 10.5. The minimum Gasteiger partial charge on any atom is -0.357 e. The summed E-state index contributed by atoms with van der Waals surface area (Å²) in [6.07, 6.45) is 0.127. The number of nitrogens with one attached hydrogen (secondary N) is 2. The molecule has 164 valence electrons. The van der Waals surface area contributed by atoms with Gasteiger partial charge in [0, 0.05) is 24.1 Å². The predicted octanol–water partition coefficient (Wildman–Crippen LogP) is 3.85. The fraction of sp³-hybridized carbons (Fsp3) is 0.185. The van der Waals surface area contributed by atoms with E-state index in [1.165, 1.54) is 7.05 Å². The average molecular weight is 437 g/mol. The zero-order valence-electron chi connectivity index (χ0n) is 18.3. The van der Waals surface area contributed by atoms with E-state index < -0.39 is 17.9 Å². The van der Waals surface area contributed by atoms with Crippen molar-refractivity contribution in [3.8, 4) is 6.07 Å². The van der Waals surface area contributed by atoms with Crippen molar-refractivity contribution in [2.75, 3.05) is 7.05 Å². The third-order valence-electron chi connectivity index (χ3n) is 5.33. The van der Waals surface area contributed by atoms with E-state index in [9.17, 15) is 9.59 Å². The molecular formula is C27H24N4O2. The van der Waals surface area contributed by atoms with Gasteiger partial charge in [0.05, 0.1) is 12.5 Å². The van der Waals surface area contributed by atoms with Crippen molar-refractivity contribution in [3.05, 3.63) is 118 Å². The van der Waals surface area contributed by atoms with Crippen LogP contribution in [0.15, 0.2) is 78.9 Å². The quantitative estimate of drug-likeness (QED) is 0.526. The zero-order valence-corrected chi connectivity index (χ0v) is 18.3. The normalized spacial score (nSPS) is 11.2. The molecule has 0 aliphatic heterocycles. The second-order valence-corrected chi connectivity index (χ2v) is 7.55. The van der Waals surface area contributed by atoms with Crippen LogP contribution in [-0.2, 0) is 17.8 Å². The van der Waals surface area contributed by atoms with E-state index in [0.29, 0.717) is 16.7 Å². The maximum absolute atomic E-state index is 13.3. The SMILES string of the molecule is [C-]#[N+]Cc1cc(CC#N)cc(C(=O)N[C@H](C(=O)NC)C(c2ccccc2)c2ccccc2)c1. The Bertz CT molecular complexity index is 1120. The molecule has 0 heterocycles. The van der Waals surface area contributed by atoms with Crippen LogP contribution in [0.4, 0.5) is 0 Å². The number of benzene rings is 3. The molecule has 0 bridgehead atoms. The molecule has 0 saturated heterocycles. The van der Waals surface area contributed by atoms with Gasteiger partial charge in [0.15, 0.2) is 0 Å². The van der Waals surface area contributed by atoms with Crippen LogP contribution < -0.4 is 10.6 Å². The van der Waals surface area contributed by atoms with Gasteiger partial charge >= 0.3 is 0 Å². The molecule has 0 spiro atoms. The molecule has 0 aromatic heterocycles. The van der Waals surface area contributed by atoms with Crippen LogP contribution in [0.5, 0.6) is 0 Å². The third-order valence-corrected chi connectivity index (χ3v) is 5.33. The van der Waals surface area contributed by atoms with Crippen LogP contribution in [-0.4, -0.2) is 24.9 Å². The Balaban J connectivity index is 2.03. The second kappa shape index (κ2) is 11.3. The Kier molecular flexibility index (Phi) is 7.94. The van der Waals surface area contributed by atoms with Crippen molar-refractivity contribution in [2.45, 2.75) is 24.9 Å². The van der Waals surface area contributed by atoms with Gasteiger partial charge in [0.1, 0.15) is 6.04 Å². The van der Waals surface area contributed by atoms with Gasteiger partial charge in [-0.15, -0.1) is 0 Å². The smallest absolute Gasteiger partial charge is 0.251 e. The van der Waals surface area contributed by atoms with Crippen LogP contribution >= 0.6 is 0 Å². The molecule has 0 fully saturated rings. The molecule has 3 rings (SSSR count). The van der Waals surface area contributed by atoms with Gasteiger partial charge < -0.3 is 15.5 Å². The Labute approximate surface area is 193 Å². The first kappa shape index (κ1) is 23.2. The largest absolute Gasteiger partial charge is 0.357 e. The van der Waals surface area contributed by atoms with Crippen molar-refractivity contribution >= 4 is 11.8 Å². The van der Waals surface area contributed by atoms with Gasteiger partial charge in [-0.05, 0) is 34.9 Å². The van der Waals surface area contributed by atoms with E-state index in [1.807, 2.05) is 60.7 Å². The Morgan fingerprint density at radius 1 is 0.970 bits per heavy atom. The van der Waals surface area contributed by atoms with E-state index in [0.717, 1.165) is 11.1 Å². The maximum Gasteiger partial charge on any atom is 0.251 e. The minimum atomic E-state index is -0.878. The van der Waals surface area contributed by atoms with Gasteiger partial charge in [-0.1, -0.05) is 60.7 Å². The fourth-order valence-electron chi connectivity index (χ4n) is 3.85. The predicted molar refractivity (Wildman–Crippen MR) is 126 cm³/mol. The number of amides is 2. The number of hydrogen-bond acceptors (Lipinski definition) is 3. The molecule has 3 aromatic carbocycles. The highest BCUT2D eigenvalue weighted by molar-refractivity contribution is 5.98. The van der Waals surface area contributed by atoms with Crippen molar-refractivity contribution in [1.29, 1.82) is 5.26 Å². The first-order valence-corrected chi connectivity index (χ1v) is 10.5. The average Bonchev–Trinajstić information content (AvgIpc) is 2.84. The van der Waals surface area contributed by atoms with Gasteiger partial charge in [-0.25, -0.2) is 6.57 Å². The molecule has 3 aromatic rings. The summed E-state index contributed by atoms with van der Waals surface area (Å²) >= 11 is 0. The summed E-state index contributed by atoms with van der Waals surface area (Å²) in [7, 11) is 1.54. The number of nitriles is 1. The van der Waals surface area contributed by atoms with Crippen LogP contribution in [0.1, 0.15) is 38.5 Å². The lowest BCUT2D eigenvalue weighted by Crippen LogP contribution is -2.49. The number of nitrogens with zero attached hydrogens (tertiary/aromatic N) is 2. The molecule has 6 nitrogen and oxygen atoms in total. The standard InChI is InChI=1S/C27H24N4O2/c1-29-18-20-15-19(13-14-28)16-23(17-20)26(32)31-25(27(33)30-2)24(21-9-5-3-6-10-21)22-11-7-4-8-12-22/h3-12,15-17,24-25H,13,18H2,2H3,(H,30,33)(H,31,32)/t25-/m0/s1. The summed E-state index contributed by atoms with van der Waals surface area (Å²) in [5.41, 5.74) is 3.41. The highest BCUT2D eigenvalue weighted by atomic mass is 16.2. The van der Waals surface area contributed by atoms with E-state index in [1.54, 1.807) is 18.2 Å². The molecule has 0 radical (unpaired) electrons. The summed E-state index contributed by atoms with van der Waals surface area (Å²) < 4.78 is 0. The summed E-state index contributed by atoms with van der Waals surface area (Å²) in [5, 5.41) is 14.7. The van der Waals surface area contributed by atoms with Crippen LogP contribution in [0, 0.1) is 17.9 Å². The fourth-order valence-corrected chi connectivity index (χ4v) is 3.85. The van der Waals surface area contributed by atoms with Gasteiger partial charge in [-0.3, -0.25) is 9.59 Å². The third kappa shape index (κ3) is 5.84. The topological polar surface area (TPSA) is 86.3 Å². The second-order valence-electron chi connectivity index (χ2n) is 7.55. The monoisotopic (exact) mass is 436 g/mol. The maximum atomic E-state index is 13.3. The molecule has 6 heteroatoms. The van der Waals surface area contributed by atoms with Gasteiger partial charge in [0.2, 0.25) is 12.5 Å². The number of hydrogen-bond donors (Lipinski definition) is 2. The highest BCUT2D eigenvalue weighted by Crippen LogP contribution is 2.28. The summed E-state index contributed by atoms with van der Waals surface area (Å²) in [4.78, 5) is 29.7. The highest BCUT2D eigenvalue weighted by Gasteiger charge is 2.32. The van der Waals surface area contributed by atoms with Gasteiger partial charge in [-0.2, -0.15) is 5.26 Å². The zero-order chi connectivity index (χ0) is 23.6. The van der Waals surface area contributed by atoms with Crippen LogP contribution in [0.25, 0.3) is 4.85 Å². The lowest BCUT2D eigenvalue weighted by atomic mass is 9.84. The summed E-state index contributed by atoms with van der Waals surface area (Å²) in [6, 6.07) is 25.3. The Morgan fingerprint density at radius 3 is 2.06 bits per heavy atom. The van der Waals surface area contributed by atoms with Gasteiger partial charge in [0.25, 0.3) is 5.91 Å². The number of carbonyl (C=O) groups excluding carboxylic acids is 2. The van der Waals surface area contributed by atoms with Crippen molar-refractivity contribution in [1.82, 2.24) is 10.6 Å². The molecular weight excluding hydrogens is 412 g/mol. The molecule has 33 heavy (non-hydrogen) atoms. The van der Waals surface area contributed by atoms with Crippen molar-refractivity contribution in [3.63, 3.8) is 0 Å². The molecule has 2 N–H and O–H groups in total. The first-order chi connectivity index (χ1) is 16.1. The minimum absolute atomic E-state index is 0.106. The molecule has 0 aliphatic rings. The van der Waals surface area contributed by atoms with Crippen LogP contribution in [0.3, 0.4) is 0 Å². The van der Waals surface area contributed by atoms with E-state index >= 15 is 0 Å². The number of carbonyl (C=O) groups is 2. The molecule has 1 atom stereocenters. The molecule has 0 unspecified atom stereocenters. The molecule has 2 amide bonds. The van der Waals surface area contributed by atoms with Crippen LogP contribution in [0.2, 0.25) is 0 Å². The van der Waals surface area contributed by atoms with E-state index in [-0.39, 0.29) is 18.9 Å². The Morgan fingerprint density at radius 2 is 1.55 bits per heavy atom. The molecule has 0 saturated carbocycles. The lowest BCUT2D eigenvalue weighted by Gasteiger charge is -2.28. The summed E-state index contributed by atoms with van der Waals surface area (Å²) in [5.74, 6) is -1.18. The summed E-state index contributed by atoms with van der Waals surface area (Å²) in [6.45, 7) is 7.24. The number of likely N-dealkylation sites (N-methyl/N-ethyl adjacent to an activating group) is 1. The van der Waals surface area contributed by atoms with Crippen molar-refractivity contribution in [2.24, 2.45) is 0 Å². The van der Waals surface area contributed by atoms with E-state index in [2.05, 4.69) is 21.5 Å². The van der Waals surface area contributed by atoms with E-state index in [4.69, 9.17) is 11.8 Å².